The largest absolute Gasteiger partial charge is 0.443 e. The molecule has 0 spiro atoms. The number of hydrogen-bond acceptors (Lipinski definition) is 4. The van der Waals surface area contributed by atoms with Gasteiger partial charge in [0.05, 0.1) is 5.69 Å². The van der Waals surface area contributed by atoms with E-state index in [1.807, 2.05) is 51.1 Å². The fourth-order valence-electron chi connectivity index (χ4n) is 8.97. The number of amides is 1. The maximum atomic E-state index is 14.9. The van der Waals surface area contributed by atoms with Crippen molar-refractivity contribution >= 4 is 20.1 Å². The van der Waals surface area contributed by atoms with Gasteiger partial charge in [-0.05, 0) is 72.1 Å². The van der Waals surface area contributed by atoms with Gasteiger partial charge in [0.25, 0.3) is 5.91 Å². The van der Waals surface area contributed by atoms with Crippen molar-refractivity contribution in [3.63, 3.8) is 0 Å². The minimum Gasteiger partial charge on any atom is -0.443 e. The zero-order valence-electron chi connectivity index (χ0n) is 30.0. The summed E-state index contributed by atoms with van der Waals surface area (Å²) in [4.78, 5) is 16.6. The number of benzene rings is 4. The summed E-state index contributed by atoms with van der Waals surface area (Å²) in [5.74, 6) is -1.51. The van der Waals surface area contributed by atoms with E-state index in [2.05, 4.69) is 126 Å². The van der Waals surface area contributed by atoms with Gasteiger partial charge in [-0.2, -0.15) is 0 Å². The lowest BCUT2D eigenvalue weighted by Crippen LogP contribution is -2.84. The second-order valence-electron chi connectivity index (χ2n) is 15.4. The zero-order chi connectivity index (χ0) is 34.5. The van der Waals surface area contributed by atoms with Crippen LogP contribution in [-0.4, -0.2) is 25.9 Å². The Balaban J connectivity index is 1.78. The predicted molar refractivity (Wildman–Crippen MR) is 197 cm³/mol. The van der Waals surface area contributed by atoms with Gasteiger partial charge in [0, 0.05) is 0 Å². The topological polar surface area (TPSA) is 48.0 Å². The first-order valence-electron chi connectivity index (χ1n) is 17.4. The molecule has 1 saturated heterocycles. The van der Waals surface area contributed by atoms with Gasteiger partial charge in [0.2, 0.25) is 8.32 Å². The first-order valence-corrected chi connectivity index (χ1v) is 19.6. The second-order valence-corrected chi connectivity index (χ2v) is 20.8. The van der Waals surface area contributed by atoms with Crippen molar-refractivity contribution in [1.82, 2.24) is 0 Å². The van der Waals surface area contributed by atoms with Crippen LogP contribution in [0.4, 0.5) is 10.5 Å². The van der Waals surface area contributed by atoms with Crippen molar-refractivity contribution in [2.75, 3.05) is 4.90 Å². The molecule has 0 bridgehead atoms. The fraction of sp³-hybridized carbons (Fsp3) is 0.405. The molecular weight excluding hydrogens is 611 g/mol. The van der Waals surface area contributed by atoms with Crippen LogP contribution in [0, 0.1) is 0 Å². The average Bonchev–Trinajstić information content (AvgIpc) is 3.22. The summed E-state index contributed by atoms with van der Waals surface area (Å²) in [7, 11) is -2.74. The molecule has 4 aromatic carbocycles. The highest BCUT2D eigenvalue weighted by molar-refractivity contribution is 6.77. The molecule has 2 atom stereocenters. The number of hydrogen-bond donors (Lipinski definition) is 0. The fourth-order valence-corrected chi connectivity index (χ4v) is 14.5. The number of para-hydroxylation sites is 1. The highest BCUT2D eigenvalue weighted by Crippen LogP contribution is 2.75. The van der Waals surface area contributed by atoms with Crippen LogP contribution in [0.5, 0.6) is 0 Å². The molecule has 2 aliphatic heterocycles. The lowest BCUT2D eigenvalue weighted by Gasteiger charge is -2.70. The third-order valence-electron chi connectivity index (χ3n) is 10.6. The lowest BCUT2D eigenvalue weighted by atomic mass is 9.53. The number of carbonyl (C=O) groups excluding carboxylic acids is 1. The van der Waals surface area contributed by atoms with E-state index in [4.69, 9.17) is 13.9 Å². The van der Waals surface area contributed by atoms with Crippen LogP contribution in [0.2, 0.25) is 16.6 Å². The van der Waals surface area contributed by atoms with Gasteiger partial charge in [0.1, 0.15) is 16.6 Å². The molecule has 6 rings (SSSR count). The Kier molecular flexibility index (Phi) is 8.76. The Morgan fingerprint density at radius 3 is 1.65 bits per heavy atom. The molecular formula is C42H51NO4Si. The Morgan fingerprint density at radius 1 is 0.708 bits per heavy atom. The van der Waals surface area contributed by atoms with Crippen LogP contribution in [-0.2, 0) is 31.3 Å². The van der Waals surface area contributed by atoms with Crippen molar-refractivity contribution in [2.45, 2.75) is 108 Å². The van der Waals surface area contributed by atoms with Crippen molar-refractivity contribution in [1.29, 1.82) is 0 Å². The molecule has 252 valence electrons. The summed E-state index contributed by atoms with van der Waals surface area (Å²) in [5, 5.41) is 0. The number of ether oxygens (including phenoxy) is 2. The predicted octanol–water partition coefficient (Wildman–Crippen LogP) is 10.7. The monoisotopic (exact) mass is 661 g/mol. The van der Waals surface area contributed by atoms with E-state index in [1.165, 1.54) is 0 Å². The Bertz CT molecular complexity index is 1670. The summed E-state index contributed by atoms with van der Waals surface area (Å²) >= 11 is 0. The van der Waals surface area contributed by atoms with Crippen molar-refractivity contribution in [3.05, 3.63) is 138 Å². The molecule has 2 aliphatic rings. The van der Waals surface area contributed by atoms with E-state index in [1.54, 1.807) is 4.90 Å². The number of nitrogens with zero attached hydrogens (tertiary/aromatic N) is 1. The molecule has 0 aliphatic carbocycles. The normalized spacial score (nSPS) is 21.6. The lowest BCUT2D eigenvalue weighted by molar-refractivity contribution is -0.405. The third-order valence-corrected chi connectivity index (χ3v) is 16.6. The smallest absolute Gasteiger partial charge is 0.419 e. The molecule has 6 heteroatoms. The van der Waals surface area contributed by atoms with Crippen LogP contribution < -0.4 is 4.90 Å². The quantitative estimate of drug-likeness (QED) is 0.168. The van der Waals surface area contributed by atoms with Gasteiger partial charge in [-0.3, -0.25) is 0 Å². The Morgan fingerprint density at radius 2 is 1.17 bits per heavy atom. The summed E-state index contributed by atoms with van der Waals surface area (Å²) in [5.41, 5.74) is 2.98. The van der Waals surface area contributed by atoms with Gasteiger partial charge in [-0.1, -0.05) is 151 Å². The number of anilines is 1. The van der Waals surface area contributed by atoms with Crippen LogP contribution in [0.25, 0.3) is 0 Å². The first-order chi connectivity index (χ1) is 22.8. The first kappa shape index (κ1) is 34.2. The van der Waals surface area contributed by atoms with Gasteiger partial charge in [-0.25, -0.2) is 9.69 Å². The molecule has 0 aromatic heterocycles. The van der Waals surface area contributed by atoms with E-state index in [-0.39, 0.29) is 16.6 Å². The van der Waals surface area contributed by atoms with E-state index >= 15 is 0 Å². The molecule has 48 heavy (non-hydrogen) atoms. The summed E-state index contributed by atoms with van der Waals surface area (Å²) in [6.45, 7) is 19.4. The summed E-state index contributed by atoms with van der Waals surface area (Å²) < 4.78 is 22.0. The highest BCUT2D eigenvalue weighted by atomic mass is 28.4. The van der Waals surface area contributed by atoms with Crippen LogP contribution in [0.3, 0.4) is 0 Å². The number of fused-ring (bicyclic) bond motifs is 3. The van der Waals surface area contributed by atoms with Gasteiger partial charge >= 0.3 is 6.09 Å². The van der Waals surface area contributed by atoms with Crippen molar-refractivity contribution in [3.8, 4) is 0 Å². The molecule has 2 heterocycles. The van der Waals surface area contributed by atoms with Gasteiger partial charge in [-0.15, -0.1) is 0 Å². The van der Waals surface area contributed by atoms with Crippen molar-refractivity contribution < 1.29 is 18.7 Å². The molecule has 1 amide bonds. The SMILES string of the molecule is CC(C)[Si](O[C@@]12OC(c3ccccc3)(c3ccccc3)[C@]1(Cc1ccccc1)c1ccccc1N2C(=O)OC(C)(C)C)(C(C)C)C(C)C. The highest BCUT2D eigenvalue weighted by Gasteiger charge is 2.86. The maximum absolute atomic E-state index is 14.9. The van der Waals surface area contributed by atoms with E-state index in [9.17, 15) is 4.79 Å². The maximum Gasteiger partial charge on any atom is 0.419 e. The molecule has 0 radical (unpaired) electrons. The van der Waals surface area contributed by atoms with Gasteiger partial charge in [0.15, 0.2) is 0 Å². The zero-order valence-corrected chi connectivity index (χ0v) is 31.0. The van der Waals surface area contributed by atoms with Gasteiger partial charge < -0.3 is 13.9 Å². The summed E-state index contributed by atoms with van der Waals surface area (Å²) in [6, 6.07) is 39.8. The second kappa shape index (κ2) is 12.3. The minimum atomic E-state index is -2.74. The van der Waals surface area contributed by atoms with Crippen LogP contribution in [0.15, 0.2) is 115 Å². The standard InChI is InChI=1S/C42H51NO4Si/c1-30(2)48(31(3)4,32(5)6)47-42-40(29-33-21-13-10-14-22-33,36-27-19-20-28-37(36)43(42)38(44)45-39(7,8)9)41(46-42,34-23-15-11-16-24-34)35-25-17-12-18-26-35/h10-28,30-32H,29H2,1-9H3/t40-,42-/m0/s1. The van der Waals surface area contributed by atoms with Crippen LogP contribution in [0.1, 0.15) is 84.6 Å². The average molecular weight is 662 g/mol. The van der Waals surface area contributed by atoms with E-state index in [0.29, 0.717) is 6.42 Å². The third kappa shape index (κ3) is 4.90. The molecule has 0 saturated carbocycles. The van der Waals surface area contributed by atoms with E-state index in [0.717, 1.165) is 27.9 Å². The minimum absolute atomic E-state index is 0.234. The number of carbonyl (C=O) groups is 1. The number of rotatable bonds is 9. The molecule has 1 fully saturated rings. The molecule has 0 N–H and O–H groups in total. The Hall–Kier alpha value is -3.71. The van der Waals surface area contributed by atoms with Crippen molar-refractivity contribution in [2.24, 2.45) is 0 Å². The molecule has 0 unspecified atom stereocenters. The Labute approximate surface area is 288 Å². The van der Waals surface area contributed by atoms with E-state index < -0.39 is 36.9 Å². The molecule has 5 nitrogen and oxygen atoms in total. The van der Waals surface area contributed by atoms with Crippen LogP contribution >= 0.6 is 0 Å². The summed E-state index contributed by atoms with van der Waals surface area (Å²) in [6.07, 6.45) is 0.0889. The molecule has 4 aromatic rings.